The number of nitrogens with two attached hydrogens (primary N) is 1. The molecular weight excluding hydrogens is 204 g/mol. The lowest BCUT2D eigenvalue weighted by Crippen LogP contribution is -2.36. The largest absolute Gasteiger partial charge is 0.383 e. The van der Waals surface area contributed by atoms with Gasteiger partial charge in [0.15, 0.2) is 0 Å². The number of aromatic amines is 1. The molecule has 0 fully saturated rings. The van der Waals surface area contributed by atoms with Crippen molar-refractivity contribution in [3.63, 3.8) is 0 Å². The molecule has 4 N–H and O–H groups in total. The molecule has 0 aromatic carbocycles. The van der Waals surface area contributed by atoms with Gasteiger partial charge in [-0.3, -0.25) is 0 Å². The SMILES string of the molecule is COCC(CCCN)NC(C)c1ncc[nH]1. The summed E-state index contributed by atoms with van der Waals surface area (Å²) in [6.07, 6.45) is 5.62. The number of rotatable bonds is 8. The number of hydrogen-bond acceptors (Lipinski definition) is 4. The van der Waals surface area contributed by atoms with Crippen LogP contribution in [0.25, 0.3) is 0 Å². The van der Waals surface area contributed by atoms with Crippen molar-refractivity contribution >= 4 is 0 Å². The molecule has 2 unspecified atom stereocenters. The molecule has 0 aliphatic carbocycles. The zero-order valence-corrected chi connectivity index (χ0v) is 10.1. The van der Waals surface area contributed by atoms with Gasteiger partial charge >= 0.3 is 0 Å². The molecule has 0 spiro atoms. The highest BCUT2D eigenvalue weighted by Crippen LogP contribution is 2.09. The Morgan fingerprint density at radius 1 is 1.62 bits per heavy atom. The van der Waals surface area contributed by atoms with Gasteiger partial charge in [0, 0.05) is 25.5 Å². The Kier molecular flexibility index (Phi) is 6.07. The van der Waals surface area contributed by atoms with E-state index in [9.17, 15) is 0 Å². The molecule has 0 bridgehead atoms. The fourth-order valence-electron chi connectivity index (χ4n) is 1.73. The molecular formula is C11H22N4O. The molecule has 16 heavy (non-hydrogen) atoms. The van der Waals surface area contributed by atoms with E-state index in [0.29, 0.717) is 12.6 Å². The van der Waals surface area contributed by atoms with Crippen LogP contribution in [0, 0.1) is 0 Å². The Hall–Kier alpha value is -0.910. The van der Waals surface area contributed by atoms with Gasteiger partial charge in [0.2, 0.25) is 0 Å². The molecule has 1 aromatic heterocycles. The fourth-order valence-corrected chi connectivity index (χ4v) is 1.73. The summed E-state index contributed by atoms with van der Waals surface area (Å²) >= 11 is 0. The van der Waals surface area contributed by atoms with E-state index in [1.165, 1.54) is 0 Å². The van der Waals surface area contributed by atoms with Crippen LogP contribution in [0.4, 0.5) is 0 Å². The van der Waals surface area contributed by atoms with Crippen molar-refractivity contribution in [3.8, 4) is 0 Å². The molecule has 0 radical (unpaired) electrons. The van der Waals surface area contributed by atoms with E-state index in [0.717, 1.165) is 25.2 Å². The van der Waals surface area contributed by atoms with Gasteiger partial charge in [-0.15, -0.1) is 0 Å². The normalized spacial score (nSPS) is 14.9. The Labute approximate surface area is 96.8 Å². The minimum absolute atomic E-state index is 0.202. The molecule has 0 aliphatic rings. The topological polar surface area (TPSA) is 76.0 Å². The van der Waals surface area contributed by atoms with Gasteiger partial charge in [-0.25, -0.2) is 4.98 Å². The zero-order chi connectivity index (χ0) is 11.8. The first-order valence-corrected chi connectivity index (χ1v) is 5.72. The number of methoxy groups -OCH3 is 1. The molecule has 0 aliphatic heterocycles. The van der Waals surface area contributed by atoms with E-state index in [4.69, 9.17) is 10.5 Å². The molecule has 1 aromatic rings. The second kappa shape index (κ2) is 7.38. The van der Waals surface area contributed by atoms with E-state index in [1.807, 2.05) is 6.20 Å². The highest BCUT2D eigenvalue weighted by atomic mass is 16.5. The lowest BCUT2D eigenvalue weighted by atomic mass is 10.1. The fraction of sp³-hybridized carbons (Fsp3) is 0.727. The van der Waals surface area contributed by atoms with E-state index in [-0.39, 0.29) is 6.04 Å². The van der Waals surface area contributed by atoms with Crippen LogP contribution in [0.2, 0.25) is 0 Å². The molecule has 1 rings (SSSR count). The van der Waals surface area contributed by atoms with Crippen LogP contribution in [0.5, 0.6) is 0 Å². The van der Waals surface area contributed by atoms with Crippen LogP contribution in [-0.2, 0) is 4.74 Å². The first-order valence-electron chi connectivity index (χ1n) is 5.72. The Balaban J connectivity index is 2.40. The summed E-state index contributed by atoms with van der Waals surface area (Å²) in [4.78, 5) is 7.33. The summed E-state index contributed by atoms with van der Waals surface area (Å²) < 4.78 is 5.19. The molecule has 92 valence electrons. The summed E-state index contributed by atoms with van der Waals surface area (Å²) in [6.45, 7) is 3.51. The Morgan fingerprint density at radius 2 is 2.44 bits per heavy atom. The third-order valence-electron chi connectivity index (χ3n) is 2.54. The number of aromatic nitrogens is 2. The second-order valence-corrected chi connectivity index (χ2v) is 3.95. The standard InChI is InChI=1S/C11H22N4O/c1-9(11-13-6-7-14-11)15-10(8-16-2)4-3-5-12/h6-7,9-10,15H,3-5,8,12H2,1-2H3,(H,13,14). The minimum atomic E-state index is 0.202. The van der Waals surface area contributed by atoms with Crippen molar-refractivity contribution in [2.24, 2.45) is 5.73 Å². The van der Waals surface area contributed by atoms with Gasteiger partial charge in [-0.2, -0.15) is 0 Å². The number of imidazole rings is 1. The third kappa shape index (κ3) is 4.30. The van der Waals surface area contributed by atoms with Gasteiger partial charge in [-0.1, -0.05) is 0 Å². The lowest BCUT2D eigenvalue weighted by Gasteiger charge is -2.21. The number of nitrogens with one attached hydrogen (secondary N) is 2. The predicted octanol–water partition coefficient (Wildman–Crippen LogP) is 0.814. The summed E-state index contributed by atoms with van der Waals surface area (Å²) in [7, 11) is 1.72. The Bertz CT molecular complexity index is 263. The van der Waals surface area contributed by atoms with Crippen LogP contribution >= 0.6 is 0 Å². The van der Waals surface area contributed by atoms with E-state index < -0.39 is 0 Å². The van der Waals surface area contributed by atoms with Crippen molar-refractivity contribution < 1.29 is 4.74 Å². The molecule has 0 saturated heterocycles. The van der Waals surface area contributed by atoms with Crippen molar-refractivity contribution in [2.45, 2.75) is 31.8 Å². The van der Waals surface area contributed by atoms with Crippen molar-refractivity contribution in [1.29, 1.82) is 0 Å². The van der Waals surface area contributed by atoms with Crippen LogP contribution in [0.3, 0.4) is 0 Å². The lowest BCUT2D eigenvalue weighted by molar-refractivity contribution is 0.156. The maximum atomic E-state index is 5.51. The number of H-pyrrole nitrogens is 1. The molecule has 0 saturated carbocycles. The average Bonchev–Trinajstić information content (AvgIpc) is 2.79. The highest BCUT2D eigenvalue weighted by molar-refractivity contribution is 4.94. The number of nitrogens with zero attached hydrogens (tertiary/aromatic N) is 1. The number of ether oxygens (including phenoxy) is 1. The quantitative estimate of drug-likeness (QED) is 0.613. The Morgan fingerprint density at radius 3 is 3.00 bits per heavy atom. The highest BCUT2D eigenvalue weighted by Gasteiger charge is 2.14. The molecule has 2 atom stereocenters. The first-order chi connectivity index (χ1) is 7.77. The van der Waals surface area contributed by atoms with E-state index in [1.54, 1.807) is 13.3 Å². The average molecular weight is 226 g/mol. The summed E-state index contributed by atoms with van der Waals surface area (Å²) in [5.41, 5.74) is 5.51. The van der Waals surface area contributed by atoms with Gasteiger partial charge in [0.05, 0.1) is 12.6 Å². The zero-order valence-electron chi connectivity index (χ0n) is 10.1. The summed E-state index contributed by atoms with van der Waals surface area (Å²) in [5.74, 6) is 0.953. The smallest absolute Gasteiger partial charge is 0.122 e. The minimum Gasteiger partial charge on any atom is -0.383 e. The maximum Gasteiger partial charge on any atom is 0.122 e. The van der Waals surface area contributed by atoms with Crippen molar-refractivity contribution in [2.75, 3.05) is 20.3 Å². The van der Waals surface area contributed by atoms with Crippen molar-refractivity contribution in [1.82, 2.24) is 15.3 Å². The van der Waals surface area contributed by atoms with Gasteiger partial charge in [-0.05, 0) is 26.3 Å². The second-order valence-electron chi connectivity index (χ2n) is 3.95. The predicted molar refractivity (Wildman–Crippen MR) is 64.1 cm³/mol. The molecule has 5 nitrogen and oxygen atoms in total. The first kappa shape index (κ1) is 13.2. The van der Waals surface area contributed by atoms with E-state index >= 15 is 0 Å². The van der Waals surface area contributed by atoms with Crippen LogP contribution in [-0.4, -0.2) is 36.3 Å². The van der Waals surface area contributed by atoms with E-state index in [2.05, 4.69) is 22.2 Å². The summed E-state index contributed by atoms with van der Waals surface area (Å²) in [5, 5.41) is 3.48. The van der Waals surface area contributed by atoms with Gasteiger partial charge in [0.1, 0.15) is 5.82 Å². The van der Waals surface area contributed by atoms with Crippen LogP contribution in [0.15, 0.2) is 12.4 Å². The number of hydrogen-bond donors (Lipinski definition) is 3. The van der Waals surface area contributed by atoms with Crippen LogP contribution in [0.1, 0.15) is 31.6 Å². The monoisotopic (exact) mass is 226 g/mol. The third-order valence-corrected chi connectivity index (χ3v) is 2.54. The van der Waals surface area contributed by atoms with Crippen molar-refractivity contribution in [3.05, 3.63) is 18.2 Å². The summed E-state index contributed by atoms with van der Waals surface area (Å²) in [6, 6.07) is 0.529. The van der Waals surface area contributed by atoms with Crippen LogP contribution < -0.4 is 11.1 Å². The molecule has 1 heterocycles. The maximum absolute atomic E-state index is 5.51. The van der Waals surface area contributed by atoms with Gasteiger partial charge < -0.3 is 20.8 Å². The molecule has 0 amide bonds. The molecule has 5 heteroatoms. The van der Waals surface area contributed by atoms with Gasteiger partial charge in [0.25, 0.3) is 0 Å².